The number of pyridine rings is 1. The number of piperidine rings is 1. The third-order valence-electron chi connectivity index (χ3n) is 5.73. The second-order valence-corrected chi connectivity index (χ2v) is 7.86. The largest absolute Gasteiger partial charge is 0.497 e. The van der Waals surface area contributed by atoms with Crippen molar-refractivity contribution in [1.82, 2.24) is 9.88 Å². The molecule has 1 aromatic heterocycles. The molecule has 0 N–H and O–H groups in total. The van der Waals surface area contributed by atoms with Crippen molar-refractivity contribution in [3.8, 4) is 5.75 Å². The molecule has 1 unspecified atom stereocenters. The molecular formula is C23H25F3N2O3. The molecule has 0 aliphatic carbocycles. The number of Topliss-reactive ketones (excluding diaryl/α,β-unsaturated/α-hetero) is 1. The van der Waals surface area contributed by atoms with E-state index in [9.17, 15) is 22.8 Å². The number of nitrogens with zero attached hydrogens (tertiary/aromatic N) is 2. The smallest absolute Gasteiger partial charge is 0.433 e. The van der Waals surface area contributed by atoms with Gasteiger partial charge >= 0.3 is 6.18 Å². The Morgan fingerprint density at radius 1 is 1.16 bits per heavy atom. The molecule has 0 bridgehead atoms. The molecular weight excluding hydrogens is 409 g/mol. The highest BCUT2D eigenvalue weighted by atomic mass is 19.4. The molecule has 3 rings (SSSR count). The maximum atomic E-state index is 12.7. The fraction of sp³-hybridized carbons (Fsp3) is 0.435. The minimum absolute atomic E-state index is 0.0110. The first-order chi connectivity index (χ1) is 14.7. The van der Waals surface area contributed by atoms with E-state index >= 15 is 0 Å². The van der Waals surface area contributed by atoms with Gasteiger partial charge in [0.2, 0.25) is 5.91 Å². The number of benzene rings is 1. The van der Waals surface area contributed by atoms with Crippen molar-refractivity contribution >= 4 is 11.7 Å². The molecule has 8 heteroatoms. The predicted molar refractivity (Wildman–Crippen MR) is 109 cm³/mol. The summed E-state index contributed by atoms with van der Waals surface area (Å²) in [4.78, 5) is 29.8. The Balaban J connectivity index is 1.72. The van der Waals surface area contributed by atoms with E-state index < -0.39 is 11.9 Å². The van der Waals surface area contributed by atoms with E-state index in [1.54, 1.807) is 12.0 Å². The van der Waals surface area contributed by atoms with Crippen LogP contribution in [0.1, 0.15) is 42.5 Å². The Bertz CT molecular complexity index is 911. The molecule has 2 atom stereocenters. The van der Waals surface area contributed by atoms with Gasteiger partial charge in [0.05, 0.1) is 7.11 Å². The lowest BCUT2D eigenvalue weighted by molar-refractivity contribution is -0.141. The Kier molecular flexibility index (Phi) is 6.97. The van der Waals surface area contributed by atoms with Crippen LogP contribution in [0.2, 0.25) is 0 Å². The number of likely N-dealkylation sites (tertiary alicyclic amines) is 1. The van der Waals surface area contributed by atoms with Crippen molar-refractivity contribution in [2.24, 2.45) is 5.92 Å². The average molecular weight is 434 g/mol. The minimum Gasteiger partial charge on any atom is -0.497 e. The SMILES string of the molecule is COc1ccc(C2CCN(C(C)=O)C[C@H]2CC(=O)Cc2ccc(C(F)(F)F)nc2)cc1. The van der Waals surface area contributed by atoms with E-state index in [2.05, 4.69) is 4.98 Å². The monoisotopic (exact) mass is 434 g/mol. The van der Waals surface area contributed by atoms with Gasteiger partial charge in [-0.3, -0.25) is 14.6 Å². The van der Waals surface area contributed by atoms with Gasteiger partial charge in [-0.1, -0.05) is 18.2 Å². The fourth-order valence-corrected chi connectivity index (χ4v) is 4.10. The van der Waals surface area contributed by atoms with Crippen LogP contribution in [0.4, 0.5) is 13.2 Å². The topological polar surface area (TPSA) is 59.5 Å². The number of rotatable bonds is 6. The molecule has 1 aliphatic rings. The van der Waals surface area contributed by atoms with Crippen molar-refractivity contribution < 1.29 is 27.5 Å². The van der Waals surface area contributed by atoms with E-state index in [4.69, 9.17) is 4.74 Å². The summed E-state index contributed by atoms with van der Waals surface area (Å²) in [6.07, 6.45) is -2.42. The van der Waals surface area contributed by atoms with E-state index in [1.807, 2.05) is 24.3 Å². The Morgan fingerprint density at radius 3 is 2.42 bits per heavy atom. The maximum Gasteiger partial charge on any atom is 0.433 e. The normalized spacial score (nSPS) is 19.2. The summed E-state index contributed by atoms with van der Waals surface area (Å²) in [6, 6.07) is 9.88. The molecule has 2 heterocycles. The van der Waals surface area contributed by atoms with Crippen molar-refractivity contribution in [2.45, 2.75) is 38.3 Å². The Morgan fingerprint density at radius 2 is 1.87 bits per heavy atom. The summed E-state index contributed by atoms with van der Waals surface area (Å²) in [5, 5.41) is 0. The first-order valence-electron chi connectivity index (χ1n) is 10.1. The van der Waals surface area contributed by atoms with Gasteiger partial charge in [-0.25, -0.2) is 0 Å². The van der Waals surface area contributed by atoms with Gasteiger partial charge in [-0.2, -0.15) is 13.2 Å². The number of alkyl halides is 3. The molecule has 1 aromatic carbocycles. The van der Waals surface area contributed by atoms with Gasteiger partial charge in [0, 0.05) is 39.1 Å². The fourth-order valence-electron chi connectivity index (χ4n) is 4.10. The quantitative estimate of drug-likeness (QED) is 0.682. The summed E-state index contributed by atoms with van der Waals surface area (Å²) in [6.45, 7) is 2.61. The molecule has 1 amide bonds. The zero-order valence-corrected chi connectivity index (χ0v) is 17.5. The highest BCUT2D eigenvalue weighted by molar-refractivity contribution is 5.81. The molecule has 1 saturated heterocycles. The first-order valence-corrected chi connectivity index (χ1v) is 10.1. The lowest BCUT2D eigenvalue weighted by Gasteiger charge is -2.38. The van der Waals surface area contributed by atoms with Crippen molar-refractivity contribution in [2.75, 3.05) is 20.2 Å². The van der Waals surface area contributed by atoms with Crippen LogP contribution in [-0.4, -0.2) is 41.8 Å². The highest BCUT2D eigenvalue weighted by Crippen LogP contribution is 2.36. The molecule has 0 saturated carbocycles. The number of halogens is 3. The molecule has 5 nitrogen and oxygen atoms in total. The average Bonchev–Trinajstić information content (AvgIpc) is 2.73. The van der Waals surface area contributed by atoms with Crippen LogP contribution in [0.5, 0.6) is 5.75 Å². The zero-order chi connectivity index (χ0) is 22.6. The third kappa shape index (κ3) is 5.83. The van der Waals surface area contributed by atoms with Crippen molar-refractivity contribution in [3.05, 3.63) is 59.4 Å². The molecule has 0 spiro atoms. The van der Waals surface area contributed by atoms with Crippen LogP contribution >= 0.6 is 0 Å². The van der Waals surface area contributed by atoms with E-state index in [0.717, 1.165) is 30.0 Å². The number of amides is 1. The number of hydrogen-bond donors (Lipinski definition) is 0. The van der Waals surface area contributed by atoms with E-state index in [-0.39, 0.29) is 36.4 Å². The number of hydrogen-bond acceptors (Lipinski definition) is 4. The van der Waals surface area contributed by atoms with Crippen LogP contribution in [0.3, 0.4) is 0 Å². The molecule has 1 fully saturated rings. The molecule has 166 valence electrons. The third-order valence-corrected chi connectivity index (χ3v) is 5.73. The number of carbonyl (C=O) groups is 2. The second kappa shape index (κ2) is 9.49. The van der Waals surface area contributed by atoms with Gasteiger partial charge in [0.25, 0.3) is 0 Å². The van der Waals surface area contributed by atoms with Gasteiger partial charge in [0.1, 0.15) is 17.2 Å². The predicted octanol–water partition coefficient (Wildman–Crippen LogP) is 4.26. The molecule has 1 aliphatic heterocycles. The van der Waals surface area contributed by atoms with Gasteiger partial charge in [0.15, 0.2) is 0 Å². The molecule has 0 radical (unpaired) electrons. The standard InChI is InChI=1S/C23H25F3N2O3/c1-15(29)28-10-9-21(17-4-6-20(31-2)7-5-17)18(14-28)12-19(30)11-16-3-8-22(27-13-16)23(24,25)26/h3-8,13,18,21H,9-12,14H2,1-2H3/t18-,21?/m1/s1. The number of aromatic nitrogens is 1. The van der Waals surface area contributed by atoms with E-state index in [1.165, 1.54) is 13.0 Å². The number of methoxy groups -OCH3 is 1. The maximum absolute atomic E-state index is 12.7. The number of carbonyl (C=O) groups excluding carboxylic acids is 2. The zero-order valence-electron chi connectivity index (χ0n) is 17.5. The van der Waals surface area contributed by atoms with Gasteiger partial charge in [-0.05, 0) is 47.6 Å². The summed E-state index contributed by atoms with van der Waals surface area (Å²) in [5.74, 6) is 0.664. The molecule has 2 aromatic rings. The van der Waals surface area contributed by atoms with Crippen LogP contribution in [0.15, 0.2) is 42.6 Å². The van der Waals surface area contributed by atoms with Gasteiger partial charge in [-0.15, -0.1) is 0 Å². The van der Waals surface area contributed by atoms with Crippen LogP contribution in [0.25, 0.3) is 0 Å². The molecule has 31 heavy (non-hydrogen) atoms. The van der Waals surface area contributed by atoms with Crippen molar-refractivity contribution in [1.29, 1.82) is 0 Å². The highest BCUT2D eigenvalue weighted by Gasteiger charge is 2.34. The Labute approximate surface area is 179 Å². The summed E-state index contributed by atoms with van der Waals surface area (Å²) in [5.41, 5.74) is 0.545. The lowest BCUT2D eigenvalue weighted by atomic mass is 9.77. The summed E-state index contributed by atoms with van der Waals surface area (Å²) < 4.78 is 43.2. The number of ether oxygens (including phenoxy) is 1. The van der Waals surface area contributed by atoms with Crippen molar-refractivity contribution in [3.63, 3.8) is 0 Å². The van der Waals surface area contributed by atoms with E-state index in [0.29, 0.717) is 18.7 Å². The first kappa shape index (κ1) is 22.8. The number of ketones is 1. The summed E-state index contributed by atoms with van der Waals surface area (Å²) >= 11 is 0. The minimum atomic E-state index is -4.51. The van der Waals surface area contributed by atoms with Gasteiger partial charge < -0.3 is 9.64 Å². The van der Waals surface area contributed by atoms with Crippen LogP contribution < -0.4 is 4.74 Å². The summed E-state index contributed by atoms with van der Waals surface area (Å²) in [7, 11) is 1.60. The van der Waals surface area contributed by atoms with Crippen LogP contribution in [-0.2, 0) is 22.2 Å². The second-order valence-electron chi connectivity index (χ2n) is 7.86. The lowest BCUT2D eigenvalue weighted by Crippen LogP contribution is -2.42. The van der Waals surface area contributed by atoms with Crippen LogP contribution in [0, 0.1) is 5.92 Å². The Hall–Kier alpha value is -2.90.